The van der Waals surface area contributed by atoms with E-state index < -0.39 is 0 Å². The summed E-state index contributed by atoms with van der Waals surface area (Å²) in [5, 5.41) is 9.29. The monoisotopic (exact) mass is 372 g/mol. The summed E-state index contributed by atoms with van der Waals surface area (Å²) in [6.07, 6.45) is 2.49. The maximum Gasteiger partial charge on any atom is 0.216 e. The number of nitrogens with one attached hydrogen (secondary N) is 2. The van der Waals surface area contributed by atoms with Crippen molar-refractivity contribution in [2.24, 2.45) is 0 Å². The molecule has 0 radical (unpaired) electrons. The normalized spacial score (nSPS) is 10.5. The zero-order valence-electron chi connectivity index (χ0n) is 13.6. The maximum absolute atomic E-state index is 10.9. The predicted molar refractivity (Wildman–Crippen MR) is 102 cm³/mol. The summed E-state index contributed by atoms with van der Waals surface area (Å²) in [6.45, 7) is 2.17. The van der Waals surface area contributed by atoms with Crippen LogP contribution in [-0.4, -0.2) is 22.4 Å². The molecule has 0 saturated carbocycles. The van der Waals surface area contributed by atoms with Crippen LogP contribution >= 0.6 is 22.9 Å². The first-order valence-electron chi connectivity index (χ1n) is 7.78. The van der Waals surface area contributed by atoms with Gasteiger partial charge in [-0.1, -0.05) is 35.9 Å². The Kier molecular flexibility index (Phi) is 5.63. The first kappa shape index (κ1) is 17.4. The highest BCUT2D eigenvalue weighted by Gasteiger charge is 2.06. The van der Waals surface area contributed by atoms with E-state index in [9.17, 15) is 4.79 Å². The highest BCUT2D eigenvalue weighted by molar-refractivity contribution is 7.14. The lowest BCUT2D eigenvalue weighted by molar-refractivity contribution is -0.118. The van der Waals surface area contributed by atoms with Crippen molar-refractivity contribution < 1.29 is 4.79 Å². The van der Waals surface area contributed by atoms with Crippen molar-refractivity contribution in [3.8, 4) is 11.3 Å². The fourth-order valence-electron chi connectivity index (χ4n) is 2.26. The van der Waals surface area contributed by atoms with E-state index in [-0.39, 0.29) is 5.91 Å². The van der Waals surface area contributed by atoms with Gasteiger partial charge in [-0.05, 0) is 24.1 Å². The molecular formula is C18H17ClN4OS. The molecule has 1 amide bonds. The molecule has 0 aliphatic heterocycles. The molecule has 2 heterocycles. The quantitative estimate of drug-likeness (QED) is 0.634. The third kappa shape index (κ3) is 5.01. The molecule has 0 unspecified atom stereocenters. The van der Waals surface area contributed by atoms with Crippen molar-refractivity contribution >= 4 is 39.7 Å². The van der Waals surface area contributed by atoms with Crippen LogP contribution in [0.5, 0.6) is 0 Å². The Morgan fingerprint density at radius 2 is 2.00 bits per heavy atom. The number of thiazole rings is 1. The number of amides is 1. The Bertz CT molecular complexity index is 846. The van der Waals surface area contributed by atoms with E-state index in [1.165, 1.54) is 23.8 Å². The highest BCUT2D eigenvalue weighted by Crippen LogP contribution is 2.27. The second-order valence-corrected chi connectivity index (χ2v) is 6.71. The summed E-state index contributed by atoms with van der Waals surface area (Å²) >= 11 is 7.32. The maximum atomic E-state index is 10.9. The van der Waals surface area contributed by atoms with Gasteiger partial charge in [-0.15, -0.1) is 11.3 Å². The first-order chi connectivity index (χ1) is 12.1. The van der Waals surface area contributed by atoms with E-state index in [1.54, 1.807) is 12.3 Å². The van der Waals surface area contributed by atoms with Crippen LogP contribution < -0.4 is 10.6 Å². The summed E-state index contributed by atoms with van der Waals surface area (Å²) in [7, 11) is 0. The Morgan fingerprint density at radius 1 is 1.20 bits per heavy atom. The van der Waals surface area contributed by atoms with E-state index in [1.807, 2.05) is 23.6 Å². The molecule has 0 aliphatic carbocycles. The zero-order valence-corrected chi connectivity index (χ0v) is 15.2. The van der Waals surface area contributed by atoms with Gasteiger partial charge in [0.25, 0.3) is 0 Å². The second kappa shape index (κ2) is 8.09. The number of pyridine rings is 1. The van der Waals surface area contributed by atoms with Crippen molar-refractivity contribution in [2.45, 2.75) is 13.3 Å². The zero-order chi connectivity index (χ0) is 17.6. The van der Waals surface area contributed by atoms with Crippen LogP contribution in [0, 0.1) is 0 Å². The van der Waals surface area contributed by atoms with Crippen LogP contribution in [0.2, 0.25) is 5.15 Å². The number of carbonyl (C=O) groups excluding carboxylic acids is 1. The molecule has 0 atom stereocenters. The van der Waals surface area contributed by atoms with E-state index in [4.69, 9.17) is 11.6 Å². The molecule has 5 nitrogen and oxygen atoms in total. The van der Waals surface area contributed by atoms with Gasteiger partial charge in [-0.3, -0.25) is 4.79 Å². The Morgan fingerprint density at radius 3 is 2.68 bits per heavy atom. The van der Waals surface area contributed by atoms with E-state index in [0.717, 1.165) is 28.5 Å². The third-order valence-corrected chi connectivity index (χ3v) is 4.50. The second-order valence-electron chi connectivity index (χ2n) is 5.46. The molecule has 3 rings (SSSR count). The minimum Gasteiger partial charge on any atom is -0.356 e. The molecule has 25 heavy (non-hydrogen) atoms. The van der Waals surface area contributed by atoms with Gasteiger partial charge in [0.15, 0.2) is 5.13 Å². The smallest absolute Gasteiger partial charge is 0.216 e. The van der Waals surface area contributed by atoms with Crippen molar-refractivity contribution in [3.63, 3.8) is 0 Å². The van der Waals surface area contributed by atoms with Crippen molar-refractivity contribution in [2.75, 3.05) is 11.9 Å². The fraction of sp³-hybridized carbons (Fsp3) is 0.167. The van der Waals surface area contributed by atoms with Crippen LogP contribution in [0.4, 0.5) is 10.8 Å². The molecule has 0 aliphatic rings. The van der Waals surface area contributed by atoms with Gasteiger partial charge in [-0.25, -0.2) is 9.97 Å². The number of hydrogen-bond acceptors (Lipinski definition) is 5. The van der Waals surface area contributed by atoms with Gasteiger partial charge in [0.2, 0.25) is 5.91 Å². The number of carbonyl (C=O) groups is 1. The molecule has 2 N–H and O–H groups in total. The number of anilines is 2. The van der Waals surface area contributed by atoms with Crippen LogP contribution in [0.15, 0.2) is 48.0 Å². The van der Waals surface area contributed by atoms with Gasteiger partial charge < -0.3 is 10.6 Å². The fourth-order valence-corrected chi connectivity index (χ4v) is 3.11. The highest BCUT2D eigenvalue weighted by atomic mass is 35.5. The number of hydrogen-bond donors (Lipinski definition) is 2. The number of benzene rings is 1. The van der Waals surface area contributed by atoms with Crippen LogP contribution in [0.25, 0.3) is 11.3 Å². The summed E-state index contributed by atoms with van der Waals surface area (Å²) in [5.41, 5.74) is 4.00. The van der Waals surface area contributed by atoms with Gasteiger partial charge in [0.1, 0.15) is 5.15 Å². The first-order valence-corrected chi connectivity index (χ1v) is 9.04. The molecular weight excluding hydrogens is 356 g/mol. The summed E-state index contributed by atoms with van der Waals surface area (Å²) < 4.78 is 0. The molecule has 0 saturated heterocycles. The lowest BCUT2D eigenvalue weighted by Crippen LogP contribution is -2.22. The number of aromatic nitrogens is 2. The molecule has 2 aromatic heterocycles. The number of halogens is 1. The van der Waals surface area contributed by atoms with Gasteiger partial charge >= 0.3 is 0 Å². The van der Waals surface area contributed by atoms with Crippen LogP contribution in [0.1, 0.15) is 12.5 Å². The minimum atomic E-state index is -0.00462. The molecule has 7 heteroatoms. The van der Waals surface area contributed by atoms with Gasteiger partial charge in [0, 0.05) is 24.4 Å². The average molecular weight is 373 g/mol. The summed E-state index contributed by atoms with van der Waals surface area (Å²) in [6, 6.07) is 11.8. The van der Waals surface area contributed by atoms with Crippen LogP contribution in [-0.2, 0) is 11.2 Å². The molecule has 1 aromatic carbocycles. The topological polar surface area (TPSA) is 66.9 Å². The molecule has 0 spiro atoms. The van der Waals surface area contributed by atoms with Gasteiger partial charge in [0.05, 0.1) is 17.6 Å². The van der Waals surface area contributed by atoms with Crippen molar-refractivity contribution in [3.05, 3.63) is 58.7 Å². The van der Waals surface area contributed by atoms with E-state index in [2.05, 4.69) is 32.7 Å². The Balaban J connectivity index is 1.63. The van der Waals surface area contributed by atoms with E-state index in [0.29, 0.717) is 11.7 Å². The van der Waals surface area contributed by atoms with Crippen molar-refractivity contribution in [1.29, 1.82) is 0 Å². The molecule has 3 aromatic rings. The number of rotatable bonds is 6. The Labute approximate surface area is 155 Å². The lowest BCUT2D eigenvalue weighted by Gasteiger charge is -2.04. The summed E-state index contributed by atoms with van der Waals surface area (Å²) in [4.78, 5) is 19.5. The van der Waals surface area contributed by atoms with Gasteiger partial charge in [-0.2, -0.15) is 0 Å². The Hall–Kier alpha value is -2.44. The number of nitrogens with zero attached hydrogens (tertiary/aromatic N) is 2. The van der Waals surface area contributed by atoms with Crippen LogP contribution in [0.3, 0.4) is 0 Å². The molecule has 0 fully saturated rings. The van der Waals surface area contributed by atoms with E-state index >= 15 is 0 Å². The minimum absolute atomic E-state index is 0.00462. The largest absolute Gasteiger partial charge is 0.356 e. The summed E-state index contributed by atoms with van der Waals surface area (Å²) in [5.74, 6) is -0.00462. The molecule has 0 bridgehead atoms. The SMILES string of the molecule is CC(=O)NCCc1ccc(-c2csc(Nc3ccc(Cl)nc3)n2)cc1. The third-order valence-electron chi connectivity index (χ3n) is 3.52. The lowest BCUT2D eigenvalue weighted by atomic mass is 10.1. The van der Waals surface area contributed by atoms with Crippen molar-refractivity contribution in [1.82, 2.24) is 15.3 Å². The predicted octanol–water partition coefficient (Wildman–Crippen LogP) is 4.28. The average Bonchev–Trinajstić information content (AvgIpc) is 3.06. The standard InChI is InChI=1S/C18H17ClN4OS/c1-12(24)20-9-8-13-2-4-14(5-3-13)16-11-25-18(23-16)22-15-6-7-17(19)21-10-15/h2-7,10-11H,8-9H2,1H3,(H,20,24)(H,22,23). The molecule has 128 valence electrons.